The number of anilines is 1. The van der Waals surface area contributed by atoms with Gasteiger partial charge in [0.25, 0.3) is 0 Å². The summed E-state index contributed by atoms with van der Waals surface area (Å²) < 4.78 is 0. The van der Waals surface area contributed by atoms with Crippen LogP contribution in [-0.2, 0) is 19.8 Å². The molecule has 7 heteroatoms. The second-order valence-corrected chi connectivity index (χ2v) is 6.49. The number of likely N-dealkylation sites (tertiary alicyclic amines) is 1. The van der Waals surface area contributed by atoms with Crippen LogP contribution in [0.3, 0.4) is 0 Å². The number of rotatable bonds is 1. The molecule has 124 valence electrons. The molecule has 2 aliphatic heterocycles. The molecule has 1 aromatic carbocycles. The van der Waals surface area contributed by atoms with Gasteiger partial charge in [-0.15, -0.1) is 0 Å². The van der Waals surface area contributed by atoms with Gasteiger partial charge in [-0.05, 0) is 25.5 Å². The van der Waals surface area contributed by atoms with Crippen molar-refractivity contribution >= 4 is 23.4 Å². The number of nitrogens with one attached hydrogen (secondary N) is 2. The summed E-state index contributed by atoms with van der Waals surface area (Å²) in [7, 11) is 0. The van der Waals surface area contributed by atoms with Crippen molar-refractivity contribution in [2.24, 2.45) is 0 Å². The lowest BCUT2D eigenvalue weighted by Gasteiger charge is -2.22. The van der Waals surface area contributed by atoms with Crippen molar-refractivity contribution < 1.29 is 14.4 Å². The lowest BCUT2D eigenvalue weighted by atomic mass is 9.80. The second-order valence-electron chi connectivity index (χ2n) is 6.49. The number of para-hydroxylation sites is 1. The van der Waals surface area contributed by atoms with E-state index in [0.29, 0.717) is 5.69 Å². The second kappa shape index (κ2) is 5.64. The molecule has 0 bridgehead atoms. The van der Waals surface area contributed by atoms with Gasteiger partial charge in [-0.2, -0.15) is 5.26 Å². The van der Waals surface area contributed by atoms with E-state index in [-0.39, 0.29) is 24.9 Å². The molecular weight excluding hydrogens is 308 g/mol. The maximum absolute atomic E-state index is 12.6. The number of nitriles is 1. The fourth-order valence-electron chi connectivity index (χ4n) is 3.42. The Morgan fingerprint density at radius 3 is 2.79 bits per heavy atom. The van der Waals surface area contributed by atoms with Crippen LogP contribution in [0.5, 0.6) is 0 Å². The number of fused-ring (bicyclic) bond motifs is 2. The minimum Gasteiger partial charge on any atom is -0.346 e. The van der Waals surface area contributed by atoms with E-state index in [1.807, 2.05) is 18.2 Å². The molecule has 2 N–H and O–H groups in total. The Morgan fingerprint density at radius 1 is 1.42 bits per heavy atom. The maximum Gasteiger partial charge on any atom is 0.313 e. The van der Waals surface area contributed by atoms with Gasteiger partial charge in [-0.1, -0.05) is 18.2 Å². The van der Waals surface area contributed by atoms with Gasteiger partial charge in [-0.25, -0.2) is 0 Å². The van der Waals surface area contributed by atoms with Crippen LogP contribution in [0.2, 0.25) is 0 Å². The molecule has 0 aliphatic carbocycles. The molecule has 0 unspecified atom stereocenters. The van der Waals surface area contributed by atoms with Crippen LogP contribution < -0.4 is 10.6 Å². The van der Waals surface area contributed by atoms with Crippen molar-refractivity contribution in [1.82, 2.24) is 10.2 Å². The topological polar surface area (TPSA) is 102 Å². The third kappa shape index (κ3) is 2.31. The smallest absolute Gasteiger partial charge is 0.313 e. The molecule has 24 heavy (non-hydrogen) atoms. The van der Waals surface area contributed by atoms with Crippen LogP contribution in [0, 0.1) is 11.3 Å². The summed E-state index contributed by atoms with van der Waals surface area (Å²) in [6.45, 7) is 3.52. The molecule has 2 heterocycles. The van der Waals surface area contributed by atoms with Crippen molar-refractivity contribution in [2.45, 2.75) is 37.8 Å². The van der Waals surface area contributed by atoms with Crippen molar-refractivity contribution in [3.63, 3.8) is 0 Å². The average molecular weight is 326 g/mol. The number of benzene rings is 1. The Labute approximate surface area is 139 Å². The molecule has 1 fully saturated rings. The molecule has 0 radical (unpaired) electrons. The highest BCUT2D eigenvalue weighted by atomic mass is 16.2. The van der Waals surface area contributed by atoms with E-state index in [9.17, 15) is 19.6 Å². The molecular formula is C17H18N4O3. The number of hydrogen-bond acceptors (Lipinski definition) is 4. The summed E-state index contributed by atoms with van der Waals surface area (Å²) in [6.07, 6.45) is 0.188. The minimum atomic E-state index is -0.967. The Balaban J connectivity index is 1.93. The molecule has 0 saturated carbocycles. The first kappa shape index (κ1) is 16.0. The molecule has 2 atom stereocenters. The molecule has 3 amide bonds. The highest BCUT2D eigenvalue weighted by molar-refractivity contribution is 6.35. The van der Waals surface area contributed by atoms with Gasteiger partial charge in [0.15, 0.2) is 0 Å². The summed E-state index contributed by atoms with van der Waals surface area (Å²) in [5, 5.41) is 14.8. The highest BCUT2D eigenvalue weighted by Gasteiger charge is 2.56. The van der Waals surface area contributed by atoms with E-state index in [4.69, 9.17) is 0 Å². The monoisotopic (exact) mass is 326 g/mol. The molecule has 7 nitrogen and oxygen atoms in total. The van der Waals surface area contributed by atoms with E-state index in [0.717, 1.165) is 5.56 Å². The van der Waals surface area contributed by atoms with Crippen molar-refractivity contribution in [2.75, 3.05) is 11.9 Å². The van der Waals surface area contributed by atoms with Crippen LogP contribution in [0.15, 0.2) is 24.3 Å². The average Bonchev–Trinajstić information content (AvgIpc) is 3.06. The first-order valence-electron chi connectivity index (χ1n) is 7.81. The van der Waals surface area contributed by atoms with Gasteiger partial charge in [0.05, 0.1) is 11.5 Å². The van der Waals surface area contributed by atoms with E-state index in [1.54, 1.807) is 19.9 Å². The molecule has 1 saturated heterocycles. The summed E-state index contributed by atoms with van der Waals surface area (Å²) in [4.78, 5) is 38.2. The minimum absolute atomic E-state index is 0.0262. The van der Waals surface area contributed by atoms with Crippen LogP contribution in [0.1, 0.15) is 25.8 Å². The first-order valence-corrected chi connectivity index (χ1v) is 7.81. The molecule has 2 aliphatic rings. The summed E-state index contributed by atoms with van der Waals surface area (Å²) >= 11 is 0. The van der Waals surface area contributed by atoms with Crippen molar-refractivity contribution in [3.05, 3.63) is 29.8 Å². The summed E-state index contributed by atoms with van der Waals surface area (Å²) in [5.41, 5.74) is 0.500. The zero-order valence-corrected chi connectivity index (χ0v) is 13.5. The van der Waals surface area contributed by atoms with E-state index >= 15 is 0 Å². The third-order valence-corrected chi connectivity index (χ3v) is 4.51. The fourth-order valence-corrected chi connectivity index (χ4v) is 3.42. The quantitative estimate of drug-likeness (QED) is 0.735. The molecule has 0 aromatic heterocycles. The molecule has 1 spiro atoms. The van der Waals surface area contributed by atoms with E-state index in [2.05, 4.69) is 16.7 Å². The van der Waals surface area contributed by atoms with E-state index in [1.165, 1.54) is 4.90 Å². The Hall–Kier alpha value is -2.88. The third-order valence-electron chi connectivity index (χ3n) is 4.51. The predicted molar refractivity (Wildman–Crippen MR) is 85.8 cm³/mol. The normalized spacial score (nSPS) is 24.7. The largest absolute Gasteiger partial charge is 0.346 e. The number of amides is 3. The Bertz CT molecular complexity index is 767. The number of hydrogen-bond donors (Lipinski definition) is 2. The van der Waals surface area contributed by atoms with Gasteiger partial charge in [0, 0.05) is 24.7 Å². The first-order chi connectivity index (χ1) is 11.4. The van der Waals surface area contributed by atoms with Gasteiger partial charge in [0.2, 0.25) is 5.91 Å². The predicted octanol–water partition coefficient (Wildman–Crippen LogP) is 0.526. The van der Waals surface area contributed by atoms with Crippen LogP contribution >= 0.6 is 0 Å². The molecule has 3 rings (SSSR count). The summed E-state index contributed by atoms with van der Waals surface area (Å²) in [5.74, 6) is -1.76. The van der Waals surface area contributed by atoms with Gasteiger partial charge in [-0.3, -0.25) is 14.4 Å². The van der Waals surface area contributed by atoms with E-state index < -0.39 is 23.3 Å². The number of carbonyl (C=O) groups is 3. The Kier molecular flexibility index (Phi) is 3.76. The zero-order chi connectivity index (χ0) is 17.5. The van der Waals surface area contributed by atoms with Crippen molar-refractivity contribution in [3.8, 4) is 6.07 Å². The zero-order valence-electron chi connectivity index (χ0n) is 13.5. The van der Waals surface area contributed by atoms with Gasteiger partial charge >= 0.3 is 11.8 Å². The number of nitrogens with zero attached hydrogens (tertiary/aromatic N) is 2. The van der Waals surface area contributed by atoms with Gasteiger partial charge < -0.3 is 15.5 Å². The standard InChI is InChI=1S/C17H18N4O3/c1-10(2)19-14(22)15(23)21-9-17(7-11(21)8-18)12-5-3-4-6-13(12)20-16(17)24/h3-6,10-11H,7,9H2,1-2H3,(H,19,22)(H,20,24)/t11-,17-/m0/s1. The van der Waals surface area contributed by atoms with Crippen molar-refractivity contribution in [1.29, 1.82) is 5.26 Å². The maximum atomic E-state index is 12.6. The molecule has 1 aromatic rings. The fraction of sp³-hybridized carbons (Fsp3) is 0.412. The SMILES string of the molecule is CC(C)NC(=O)C(=O)N1C[C@]2(C[C@H]1C#N)C(=O)Nc1ccccc12. The highest BCUT2D eigenvalue weighted by Crippen LogP contribution is 2.46. The summed E-state index contributed by atoms with van der Waals surface area (Å²) in [6, 6.07) is 8.30. The Morgan fingerprint density at radius 2 is 2.12 bits per heavy atom. The van der Waals surface area contributed by atoms with Gasteiger partial charge in [0.1, 0.15) is 6.04 Å². The lowest BCUT2D eigenvalue weighted by Crippen LogP contribution is -2.48. The van der Waals surface area contributed by atoms with Crippen LogP contribution in [-0.4, -0.2) is 41.2 Å². The lowest BCUT2D eigenvalue weighted by molar-refractivity contribution is -0.146. The van der Waals surface area contributed by atoms with Crippen LogP contribution in [0.4, 0.5) is 5.69 Å². The number of carbonyl (C=O) groups excluding carboxylic acids is 3. The van der Waals surface area contributed by atoms with Crippen LogP contribution in [0.25, 0.3) is 0 Å².